The lowest BCUT2D eigenvalue weighted by molar-refractivity contribution is -0.153. The fraction of sp³-hybridized carbons (Fsp3) is 0.684. The van der Waals surface area contributed by atoms with E-state index in [9.17, 15) is 13.2 Å². The second-order valence-corrected chi connectivity index (χ2v) is 6.73. The number of alkyl halides is 3. The number of aryl methyl sites for hydroxylation is 2. The van der Waals surface area contributed by atoms with E-state index < -0.39 is 12.8 Å². The first-order valence-electron chi connectivity index (χ1n) is 8.44. The molecule has 0 radical (unpaired) electrons. The molecule has 1 aromatic carbocycles. The first-order valence-corrected chi connectivity index (χ1v) is 8.44. The SMILES string of the molecule is CCC(C)CCCC(C)c1cc(C)c(OCC(F)(F)F)c(C)c1. The Morgan fingerprint density at radius 1 is 1.04 bits per heavy atom. The summed E-state index contributed by atoms with van der Waals surface area (Å²) in [5.74, 6) is 1.52. The third-order valence-electron chi connectivity index (χ3n) is 4.46. The molecule has 0 aromatic heterocycles. The van der Waals surface area contributed by atoms with Gasteiger partial charge in [-0.3, -0.25) is 0 Å². The van der Waals surface area contributed by atoms with Crippen LogP contribution in [0.3, 0.4) is 0 Å². The monoisotopic (exact) mass is 330 g/mol. The number of benzene rings is 1. The average molecular weight is 330 g/mol. The summed E-state index contributed by atoms with van der Waals surface area (Å²) >= 11 is 0. The van der Waals surface area contributed by atoms with Crippen molar-refractivity contribution in [2.45, 2.75) is 72.4 Å². The van der Waals surface area contributed by atoms with Gasteiger partial charge in [0.2, 0.25) is 0 Å². The first kappa shape index (κ1) is 19.9. The molecule has 1 nitrogen and oxygen atoms in total. The van der Waals surface area contributed by atoms with Crippen LogP contribution in [0.2, 0.25) is 0 Å². The van der Waals surface area contributed by atoms with E-state index >= 15 is 0 Å². The second kappa shape index (κ2) is 8.60. The molecule has 4 heteroatoms. The van der Waals surface area contributed by atoms with Gasteiger partial charge in [0.25, 0.3) is 0 Å². The Morgan fingerprint density at radius 3 is 2.09 bits per heavy atom. The molecule has 2 unspecified atom stereocenters. The highest BCUT2D eigenvalue weighted by Gasteiger charge is 2.29. The van der Waals surface area contributed by atoms with Crippen LogP contribution in [0.4, 0.5) is 13.2 Å². The van der Waals surface area contributed by atoms with E-state index in [2.05, 4.69) is 20.8 Å². The topological polar surface area (TPSA) is 9.23 Å². The molecule has 0 amide bonds. The van der Waals surface area contributed by atoms with Crippen LogP contribution in [0.1, 0.15) is 69.1 Å². The summed E-state index contributed by atoms with van der Waals surface area (Å²) in [6, 6.07) is 3.93. The molecule has 0 saturated heterocycles. The maximum atomic E-state index is 12.3. The van der Waals surface area contributed by atoms with Gasteiger partial charge in [-0.2, -0.15) is 13.2 Å². The van der Waals surface area contributed by atoms with Gasteiger partial charge in [-0.15, -0.1) is 0 Å². The van der Waals surface area contributed by atoms with Crippen molar-refractivity contribution in [3.05, 3.63) is 28.8 Å². The molecule has 2 atom stereocenters. The molecule has 0 aliphatic rings. The van der Waals surface area contributed by atoms with Crippen LogP contribution >= 0.6 is 0 Å². The molecule has 0 spiro atoms. The van der Waals surface area contributed by atoms with Crippen molar-refractivity contribution in [2.24, 2.45) is 5.92 Å². The summed E-state index contributed by atoms with van der Waals surface area (Å²) < 4.78 is 41.9. The Bertz CT molecular complexity index is 471. The van der Waals surface area contributed by atoms with E-state index in [1.807, 2.05) is 26.0 Å². The highest BCUT2D eigenvalue weighted by Crippen LogP contribution is 2.31. The van der Waals surface area contributed by atoms with Crippen LogP contribution in [-0.2, 0) is 0 Å². The molecule has 0 saturated carbocycles. The first-order chi connectivity index (χ1) is 10.6. The van der Waals surface area contributed by atoms with E-state index in [4.69, 9.17) is 4.74 Å². The largest absolute Gasteiger partial charge is 0.484 e. The molecular formula is C19H29F3O. The number of rotatable bonds is 8. The minimum atomic E-state index is -4.30. The third kappa shape index (κ3) is 6.84. The standard InChI is InChI=1S/C19H29F3O/c1-6-13(2)8-7-9-14(3)17-10-15(4)18(16(5)11-17)23-12-19(20,21)22/h10-11,13-14H,6-9,12H2,1-5H3. The van der Waals surface area contributed by atoms with Crippen LogP contribution in [-0.4, -0.2) is 12.8 Å². The lowest BCUT2D eigenvalue weighted by Crippen LogP contribution is -2.20. The Hall–Kier alpha value is -1.19. The van der Waals surface area contributed by atoms with E-state index in [0.29, 0.717) is 11.7 Å². The van der Waals surface area contributed by atoms with Crippen LogP contribution in [0, 0.1) is 19.8 Å². The zero-order valence-electron chi connectivity index (χ0n) is 14.9. The van der Waals surface area contributed by atoms with Crippen molar-refractivity contribution in [3.8, 4) is 5.75 Å². The summed E-state index contributed by atoms with van der Waals surface area (Å²) in [5, 5.41) is 0. The van der Waals surface area contributed by atoms with E-state index in [0.717, 1.165) is 23.5 Å². The molecule has 0 aliphatic heterocycles. The average Bonchev–Trinajstić information content (AvgIpc) is 2.44. The molecule has 132 valence electrons. The molecule has 23 heavy (non-hydrogen) atoms. The van der Waals surface area contributed by atoms with Crippen molar-refractivity contribution in [1.29, 1.82) is 0 Å². The van der Waals surface area contributed by atoms with Crippen molar-refractivity contribution in [3.63, 3.8) is 0 Å². The summed E-state index contributed by atoms with van der Waals surface area (Å²) in [5.41, 5.74) is 2.74. The normalized spacial score (nSPS) is 14.6. The van der Waals surface area contributed by atoms with Gasteiger partial charge in [0.05, 0.1) is 0 Å². The summed E-state index contributed by atoms with van der Waals surface area (Å²) in [4.78, 5) is 0. The quantitative estimate of drug-likeness (QED) is 0.524. The molecule has 0 heterocycles. The molecule has 0 aliphatic carbocycles. The maximum absolute atomic E-state index is 12.3. The van der Waals surface area contributed by atoms with Crippen LogP contribution < -0.4 is 4.74 Å². The fourth-order valence-corrected chi connectivity index (χ4v) is 2.79. The molecule has 1 aromatic rings. The zero-order chi connectivity index (χ0) is 17.6. The smallest absolute Gasteiger partial charge is 0.422 e. The molecule has 0 bridgehead atoms. The van der Waals surface area contributed by atoms with Gasteiger partial charge in [-0.05, 0) is 48.8 Å². The van der Waals surface area contributed by atoms with Gasteiger partial charge in [0, 0.05) is 0 Å². The van der Waals surface area contributed by atoms with Crippen LogP contribution in [0.25, 0.3) is 0 Å². The number of ether oxygens (including phenoxy) is 1. The predicted octanol–water partition coefficient (Wildman–Crippen LogP) is 6.56. The van der Waals surface area contributed by atoms with Crippen molar-refractivity contribution < 1.29 is 17.9 Å². The minimum Gasteiger partial charge on any atom is -0.484 e. The predicted molar refractivity (Wildman–Crippen MR) is 89.2 cm³/mol. The summed E-state index contributed by atoms with van der Waals surface area (Å²) in [6.45, 7) is 9.05. The van der Waals surface area contributed by atoms with Crippen molar-refractivity contribution >= 4 is 0 Å². The Morgan fingerprint density at radius 2 is 1.61 bits per heavy atom. The Kier molecular flexibility index (Phi) is 7.43. The second-order valence-electron chi connectivity index (χ2n) is 6.73. The van der Waals surface area contributed by atoms with Gasteiger partial charge in [-0.1, -0.05) is 52.2 Å². The van der Waals surface area contributed by atoms with Gasteiger partial charge in [0.15, 0.2) is 6.61 Å². The van der Waals surface area contributed by atoms with Gasteiger partial charge in [-0.25, -0.2) is 0 Å². The van der Waals surface area contributed by atoms with Crippen LogP contribution in [0.5, 0.6) is 5.75 Å². The van der Waals surface area contributed by atoms with Crippen molar-refractivity contribution in [2.75, 3.05) is 6.61 Å². The maximum Gasteiger partial charge on any atom is 0.422 e. The zero-order valence-corrected chi connectivity index (χ0v) is 14.9. The third-order valence-corrected chi connectivity index (χ3v) is 4.46. The van der Waals surface area contributed by atoms with Gasteiger partial charge < -0.3 is 4.74 Å². The van der Waals surface area contributed by atoms with Gasteiger partial charge >= 0.3 is 6.18 Å². The lowest BCUT2D eigenvalue weighted by atomic mass is 9.90. The van der Waals surface area contributed by atoms with E-state index in [1.54, 1.807) is 0 Å². The Labute approximate surface area is 138 Å². The number of halogens is 3. The number of hydrogen-bond donors (Lipinski definition) is 0. The molecule has 0 fully saturated rings. The van der Waals surface area contributed by atoms with Crippen molar-refractivity contribution in [1.82, 2.24) is 0 Å². The molecule has 1 rings (SSSR count). The molecular weight excluding hydrogens is 301 g/mol. The highest BCUT2D eigenvalue weighted by molar-refractivity contribution is 5.44. The summed E-state index contributed by atoms with van der Waals surface area (Å²) in [6.07, 6.45) is 0.413. The van der Waals surface area contributed by atoms with E-state index in [1.165, 1.54) is 24.8 Å². The van der Waals surface area contributed by atoms with Crippen LogP contribution in [0.15, 0.2) is 12.1 Å². The fourth-order valence-electron chi connectivity index (χ4n) is 2.79. The minimum absolute atomic E-state index is 0.359. The lowest BCUT2D eigenvalue weighted by Gasteiger charge is -2.18. The number of hydrogen-bond acceptors (Lipinski definition) is 1. The highest BCUT2D eigenvalue weighted by atomic mass is 19.4. The summed E-state index contributed by atoms with van der Waals surface area (Å²) in [7, 11) is 0. The van der Waals surface area contributed by atoms with Gasteiger partial charge in [0.1, 0.15) is 5.75 Å². The van der Waals surface area contributed by atoms with E-state index in [-0.39, 0.29) is 0 Å². The Balaban J connectivity index is 2.71. The molecule has 0 N–H and O–H groups in total.